The number of carbonyl (C=O) groups excluding carboxylic acids is 2. The highest BCUT2D eigenvalue weighted by molar-refractivity contribution is 9.10. The lowest BCUT2D eigenvalue weighted by atomic mass is 10.1. The molecule has 3 aromatic carbocycles. The van der Waals surface area contributed by atoms with E-state index in [2.05, 4.69) is 26.3 Å². The lowest BCUT2D eigenvalue weighted by molar-refractivity contribution is -0.135. The highest BCUT2D eigenvalue weighted by atomic mass is 79.9. The van der Waals surface area contributed by atoms with Crippen LogP contribution in [-0.4, -0.2) is 29.8 Å². The van der Waals surface area contributed by atoms with E-state index in [0.717, 1.165) is 4.47 Å². The third-order valence-corrected chi connectivity index (χ3v) is 5.61. The predicted octanol–water partition coefficient (Wildman–Crippen LogP) is 5.60. The molecule has 0 radical (unpaired) electrons. The smallest absolute Gasteiger partial charge is 0.255 e. The number of halogens is 2. The van der Waals surface area contributed by atoms with Crippen molar-refractivity contribution < 1.29 is 19.1 Å². The number of methoxy groups -OCH3 is 1. The van der Waals surface area contributed by atoms with Crippen LogP contribution in [0.4, 0.5) is 5.69 Å². The second kappa shape index (κ2) is 9.64. The number of anilines is 1. The Labute approximate surface area is 204 Å². The largest absolute Gasteiger partial charge is 0.496 e. The van der Waals surface area contributed by atoms with E-state index < -0.39 is 6.23 Å². The fraction of sp³-hybridized carbons (Fsp3) is 0.125. The first-order valence-corrected chi connectivity index (χ1v) is 11.1. The van der Waals surface area contributed by atoms with E-state index in [1.54, 1.807) is 61.7 Å². The highest BCUT2D eigenvalue weighted by Crippen LogP contribution is 2.37. The van der Waals surface area contributed by atoms with Crippen LogP contribution in [0.3, 0.4) is 0 Å². The maximum atomic E-state index is 12.6. The zero-order chi connectivity index (χ0) is 23.5. The number of benzene rings is 3. The van der Waals surface area contributed by atoms with Gasteiger partial charge in [-0.15, -0.1) is 5.10 Å². The monoisotopic (exact) mass is 527 g/mol. The molecule has 0 saturated heterocycles. The van der Waals surface area contributed by atoms with Crippen molar-refractivity contribution in [2.45, 2.75) is 13.2 Å². The van der Waals surface area contributed by atoms with Gasteiger partial charge in [-0.1, -0.05) is 39.7 Å². The van der Waals surface area contributed by atoms with Gasteiger partial charge in [-0.3, -0.25) is 9.59 Å². The van der Waals surface area contributed by atoms with Gasteiger partial charge in [-0.25, -0.2) is 0 Å². The van der Waals surface area contributed by atoms with Crippen LogP contribution in [0.15, 0.2) is 76.3 Å². The predicted molar refractivity (Wildman–Crippen MR) is 129 cm³/mol. The van der Waals surface area contributed by atoms with E-state index in [1.165, 1.54) is 11.9 Å². The SMILES string of the molecule is COc1ccc(Br)cc1[C@@H]1OC(c2cccc(NC(=O)c3cccc(Cl)c3)c2)=NN1C(C)=O. The molecule has 2 amide bonds. The van der Waals surface area contributed by atoms with Crippen LogP contribution in [-0.2, 0) is 9.53 Å². The van der Waals surface area contributed by atoms with Crippen LogP contribution < -0.4 is 10.1 Å². The van der Waals surface area contributed by atoms with Crippen LogP contribution in [0.2, 0.25) is 5.02 Å². The maximum Gasteiger partial charge on any atom is 0.255 e. The number of amides is 2. The Kier molecular flexibility index (Phi) is 6.67. The zero-order valence-electron chi connectivity index (χ0n) is 17.7. The molecule has 0 saturated carbocycles. The minimum atomic E-state index is -0.797. The summed E-state index contributed by atoms with van der Waals surface area (Å²) in [6.45, 7) is 1.41. The Balaban J connectivity index is 1.61. The lowest BCUT2D eigenvalue weighted by Crippen LogP contribution is -2.25. The van der Waals surface area contributed by atoms with Gasteiger partial charge in [0.1, 0.15) is 5.75 Å². The summed E-state index contributed by atoms with van der Waals surface area (Å²) in [7, 11) is 1.55. The van der Waals surface area contributed by atoms with Crippen LogP contribution in [0.1, 0.15) is 34.6 Å². The molecule has 1 aliphatic rings. The van der Waals surface area contributed by atoms with E-state index in [9.17, 15) is 9.59 Å². The number of carbonyl (C=O) groups is 2. The lowest BCUT2D eigenvalue weighted by Gasteiger charge is -2.21. The summed E-state index contributed by atoms with van der Waals surface area (Å²) in [5.41, 5.74) is 2.22. The highest BCUT2D eigenvalue weighted by Gasteiger charge is 2.35. The first-order chi connectivity index (χ1) is 15.9. The fourth-order valence-corrected chi connectivity index (χ4v) is 3.92. The summed E-state index contributed by atoms with van der Waals surface area (Å²) in [4.78, 5) is 24.9. The van der Waals surface area contributed by atoms with Crippen molar-refractivity contribution >= 4 is 50.9 Å². The molecule has 168 valence electrons. The summed E-state index contributed by atoms with van der Waals surface area (Å²) in [6, 6.07) is 19.1. The summed E-state index contributed by atoms with van der Waals surface area (Å²) < 4.78 is 12.3. The Morgan fingerprint density at radius 2 is 1.91 bits per heavy atom. The van der Waals surface area contributed by atoms with E-state index in [4.69, 9.17) is 21.1 Å². The Morgan fingerprint density at radius 1 is 1.12 bits per heavy atom. The molecule has 1 atom stereocenters. The molecule has 0 aliphatic carbocycles. The van der Waals surface area contributed by atoms with Gasteiger partial charge in [0.2, 0.25) is 18.0 Å². The quantitative estimate of drug-likeness (QED) is 0.467. The standard InChI is InChI=1S/C24H19BrClN3O4/c1-14(30)29-24(20-13-17(25)9-10-21(20)32-2)33-23(28-29)16-6-4-8-19(12-16)27-22(31)15-5-3-7-18(26)11-15/h3-13,24H,1-2H3,(H,27,31)/t24-/m0/s1. The summed E-state index contributed by atoms with van der Waals surface area (Å²) in [5, 5.41) is 8.96. The fourth-order valence-electron chi connectivity index (χ4n) is 3.35. The van der Waals surface area contributed by atoms with Crippen molar-refractivity contribution in [3.8, 4) is 5.75 Å². The minimum absolute atomic E-state index is 0.246. The normalized spacial score (nSPS) is 15.0. The van der Waals surface area contributed by atoms with Crippen molar-refractivity contribution in [1.82, 2.24) is 5.01 Å². The molecule has 0 fully saturated rings. The molecule has 0 unspecified atom stereocenters. The molecule has 4 rings (SSSR count). The first kappa shape index (κ1) is 22.8. The van der Waals surface area contributed by atoms with Crippen LogP contribution in [0.5, 0.6) is 5.75 Å². The van der Waals surface area contributed by atoms with E-state index >= 15 is 0 Å². The van der Waals surface area contributed by atoms with E-state index in [-0.39, 0.29) is 17.7 Å². The van der Waals surface area contributed by atoms with Gasteiger partial charge in [0.25, 0.3) is 5.91 Å². The van der Waals surface area contributed by atoms with Crippen molar-refractivity contribution in [2.75, 3.05) is 12.4 Å². The Bertz CT molecular complexity index is 1260. The summed E-state index contributed by atoms with van der Waals surface area (Å²) in [6.07, 6.45) is -0.797. The van der Waals surface area contributed by atoms with Gasteiger partial charge in [-0.05, 0) is 54.6 Å². The van der Waals surface area contributed by atoms with Crippen LogP contribution in [0.25, 0.3) is 0 Å². The number of hydrogen-bond donors (Lipinski definition) is 1. The van der Waals surface area contributed by atoms with Crippen molar-refractivity contribution in [2.24, 2.45) is 5.10 Å². The number of ether oxygens (including phenoxy) is 2. The van der Waals surface area contributed by atoms with Gasteiger partial charge < -0.3 is 14.8 Å². The van der Waals surface area contributed by atoms with Gasteiger partial charge >= 0.3 is 0 Å². The number of nitrogens with one attached hydrogen (secondary N) is 1. The molecule has 0 bridgehead atoms. The third-order valence-electron chi connectivity index (χ3n) is 4.88. The van der Waals surface area contributed by atoms with Crippen molar-refractivity contribution in [3.63, 3.8) is 0 Å². The van der Waals surface area contributed by atoms with Crippen molar-refractivity contribution in [3.05, 3.63) is 92.9 Å². The van der Waals surface area contributed by atoms with E-state index in [0.29, 0.717) is 33.1 Å². The summed E-state index contributed by atoms with van der Waals surface area (Å²) in [5.74, 6) is 0.220. The molecule has 1 heterocycles. The number of hydrogen-bond acceptors (Lipinski definition) is 5. The molecule has 33 heavy (non-hydrogen) atoms. The average molecular weight is 529 g/mol. The first-order valence-electron chi connectivity index (χ1n) is 9.91. The second-order valence-electron chi connectivity index (χ2n) is 7.17. The Morgan fingerprint density at radius 3 is 2.64 bits per heavy atom. The van der Waals surface area contributed by atoms with Crippen LogP contribution >= 0.6 is 27.5 Å². The molecule has 3 aromatic rings. The zero-order valence-corrected chi connectivity index (χ0v) is 20.1. The number of rotatable bonds is 5. The molecular weight excluding hydrogens is 510 g/mol. The molecule has 0 spiro atoms. The van der Waals surface area contributed by atoms with Gasteiger partial charge in [0.05, 0.1) is 12.7 Å². The number of hydrazone groups is 1. The topological polar surface area (TPSA) is 80.2 Å². The Hall–Kier alpha value is -3.36. The molecule has 0 aromatic heterocycles. The molecule has 7 nitrogen and oxygen atoms in total. The summed E-state index contributed by atoms with van der Waals surface area (Å²) >= 11 is 9.43. The second-order valence-corrected chi connectivity index (χ2v) is 8.52. The number of nitrogens with zero attached hydrogens (tertiary/aromatic N) is 2. The third kappa shape index (κ3) is 5.02. The molecule has 1 N–H and O–H groups in total. The van der Waals surface area contributed by atoms with Crippen molar-refractivity contribution in [1.29, 1.82) is 0 Å². The van der Waals surface area contributed by atoms with Gasteiger partial charge in [0, 0.05) is 33.2 Å². The maximum absolute atomic E-state index is 12.6. The van der Waals surface area contributed by atoms with Gasteiger partial charge in [0.15, 0.2) is 0 Å². The van der Waals surface area contributed by atoms with Crippen LogP contribution in [0, 0.1) is 0 Å². The minimum Gasteiger partial charge on any atom is -0.496 e. The van der Waals surface area contributed by atoms with E-state index in [1.807, 2.05) is 12.1 Å². The van der Waals surface area contributed by atoms with Gasteiger partial charge in [-0.2, -0.15) is 5.01 Å². The molecule has 1 aliphatic heterocycles. The molecular formula is C24H19BrClN3O4. The molecule has 9 heteroatoms. The average Bonchev–Trinajstić information content (AvgIpc) is 3.25.